The Morgan fingerprint density at radius 2 is 1.96 bits per heavy atom. The molecule has 27 heavy (non-hydrogen) atoms. The molecule has 3 unspecified atom stereocenters. The van der Waals surface area contributed by atoms with Crippen LogP contribution < -0.4 is 5.73 Å². The quantitative estimate of drug-likeness (QED) is 0.867. The van der Waals surface area contributed by atoms with Gasteiger partial charge in [0.15, 0.2) is 0 Å². The largest absolute Gasteiger partial charge is 0.373 e. The Hall–Kier alpha value is -1.46. The number of ether oxygens (including phenoxy) is 1. The number of nitrogens with zero attached hydrogens (tertiary/aromatic N) is 2. The van der Waals surface area contributed by atoms with Gasteiger partial charge in [0.1, 0.15) is 11.3 Å². The molecule has 1 saturated heterocycles. The van der Waals surface area contributed by atoms with Crippen LogP contribution in [0.3, 0.4) is 0 Å². The summed E-state index contributed by atoms with van der Waals surface area (Å²) in [6, 6.07) is 3.90. The number of nitrogens with two attached hydrogens (primary N) is 1. The van der Waals surface area contributed by atoms with Gasteiger partial charge in [-0.2, -0.15) is 0 Å². The summed E-state index contributed by atoms with van der Waals surface area (Å²) in [5.74, 6) is 3.49. The van der Waals surface area contributed by atoms with E-state index in [4.69, 9.17) is 10.5 Å². The van der Waals surface area contributed by atoms with E-state index in [0.29, 0.717) is 17.5 Å². The van der Waals surface area contributed by atoms with E-state index in [9.17, 15) is 4.79 Å². The van der Waals surface area contributed by atoms with Crippen molar-refractivity contribution in [3.8, 4) is 0 Å². The van der Waals surface area contributed by atoms with Gasteiger partial charge in [0, 0.05) is 44.8 Å². The number of piperidine rings is 1. The molecule has 1 aromatic heterocycles. The lowest BCUT2D eigenvalue weighted by molar-refractivity contribution is -0.170. The van der Waals surface area contributed by atoms with Crippen LogP contribution in [0.2, 0.25) is 0 Å². The third-order valence-electron chi connectivity index (χ3n) is 7.93. The van der Waals surface area contributed by atoms with E-state index in [1.54, 1.807) is 6.20 Å². The fraction of sp³-hybridized carbons (Fsp3) is 0.727. The van der Waals surface area contributed by atoms with Crippen molar-refractivity contribution in [2.45, 2.75) is 44.1 Å². The molecule has 5 heteroatoms. The Labute approximate surface area is 161 Å². The number of hydrogen-bond donors (Lipinski definition) is 1. The summed E-state index contributed by atoms with van der Waals surface area (Å²) >= 11 is 0. The molecular formula is C22H31N3O2. The topological polar surface area (TPSA) is 68.5 Å². The molecule has 1 aromatic rings. The fourth-order valence-corrected chi connectivity index (χ4v) is 6.76. The van der Waals surface area contributed by atoms with Gasteiger partial charge in [-0.1, -0.05) is 6.42 Å². The monoisotopic (exact) mass is 369 g/mol. The summed E-state index contributed by atoms with van der Waals surface area (Å²) in [4.78, 5) is 18.5. The van der Waals surface area contributed by atoms with Crippen LogP contribution in [0.1, 0.15) is 54.6 Å². The predicted octanol–water partition coefficient (Wildman–Crippen LogP) is 2.80. The van der Waals surface area contributed by atoms with Crippen LogP contribution in [0, 0.1) is 29.6 Å². The molecular weight excluding hydrogens is 338 g/mol. The number of amides is 1. The van der Waals surface area contributed by atoms with E-state index < -0.39 is 5.91 Å². The van der Waals surface area contributed by atoms with Crippen molar-refractivity contribution < 1.29 is 9.53 Å². The van der Waals surface area contributed by atoms with Gasteiger partial charge in [0.25, 0.3) is 5.91 Å². The second-order valence-electron chi connectivity index (χ2n) is 9.43. The molecule has 4 fully saturated rings. The zero-order valence-electron chi connectivity index (χ0n) is 16.3. The highest BCUT2D eigenvalue weighted by Gasteiger charge is 2.54. The number of carbonyl (C=O) groups is 1. The van der Waals surface area contributed by atoms with Gasteiger partial charge < -0.3 is 15.4 Å². The minimum atomic E-state index is -0.467. The van der Waals surface area contributed by atoms with Gasteiger partial charge in [-0.05, 0) is 67.6 Å². The Balaban J connectivity index is 1.40. The van der Waals surface area contributed by atoms with Crippen LogP contribution in [0.15, 0.2) is 18.3 Å². The Morgan fingerprint density at radius 1 is 1.26 bits per heavy atom. The lowest BCUT2D eigenvalue weighted by Crippen LogP contribution is -2.59. The van der Waals surface area contributed by atoms with E-state index in [1.807, 2.05) is 19.2 Å². The molecule has 5 rings (SSSR count). The van der Waals surface area contributed by atoms with E-state index in [0.717, 1.165) is 36.4 Å². The average molecular weight is 370 g/mol. The van der Waals surface area contributed by atoms with Gasteiger partial charge in [-0.15, -0.1) is 0 Å². The maximum atomic E-state index is 11.7. The van der Waals surface area contributed by atoms with Gasteiger partial charge >= 0.3 is 0 Å². The molecule has 2 N–H and O–H groups in total. The number of rotatable bonds is 5. The van der Waals surface area contributed by atoms with Crippen LogP contribution in [0.5, 0.6) is 0 Å². The van der Waals surface area contributed by atoms with Gasteiger partial charge in [-0.25, -0.2) is 0 Å². The normalized spacial score (nSPS) is 40.6. The molecule has 0 spiro atoms. The number of primary amides is 1. The van der Waals surface area contributed by atoms with Crippen molar-refractivity contribution >= 4 is 5.91 Å². The lowest BCUT2D eigenvalue weighted by atomic mass is 9.62. The van der Waals surface area contributed by atoms with Crippen LogP contribution >= 0.6 is 0 Å². The second-order valence-corrected chi connectivity index (χ2v) is 9.43. The van der Waals surface area contributed by atoms with Crippen LogP contribution in [-0.4, -0.2) is 42.5 Å². The maximum absolute atomic E-state index is 11.7. The summed E-state index contributed by atoms with van der Waals surface area (Å²) in [5, 5.41) is 0. The standard InChI is InChI=1S/C22H31N3O2/c1-27-22(17-5-6-24-20(10-17)21(23)26)18-3-2-4-19(22)13-25(12-18)11-14-7-15-9-16(15)8-14/h5-6,10,14-16,18-19H,2-4,7-9,11-13H2,1H3,(H2,23,26)/t14?,15?,16?,18-,19+,22?. The first-order valence-electron chi connectivity index (χ1n) is 10.6. The molecule has 5 atom stereocenters. The summed E-state index contributed by atoms with van der Waals surface area (Å²) < 4.78 is 6.30. The Bertz CT molecular complexity index is 712. The van der Waals surface area contributed by atoms with Gasteiger partial charge in [0.05, 0.1) is 0 Å². The number of pyridine rings is 1. The zero-order chi connectivity index (χ0) is 18.6. The number of carbonyl (C=O) groups excluding carboxylic acids is 1. The molecule has 3 aliphatic carbocycles. The molecule has 2 bridgehead atoms. The Kier molecular flexibility index (Phi) is 4.28. The number of methoxy groups -OCH3 is 1. The number of fused-ring (bicyclic) bond motifs is 3. The first-order chi connectivity index (χ1) is 13.1. The molecule has 3 saturated carbocycles. The predicted molar refractivity (Wildman–Crippen MR) is 103 cm³/mol. The third-order valence-corrected chi connectivity index (χ3v) is 7.93. The fourth-order valence-electron chi connectivity index (χ4n) is 6.76. The van der Waals surface area contributed by atoms with Crippen LogP contribution in [0.25, 0.3) is 0 Å². The minimum Gasteiger partial charge on any atom is -0.373 e. The van der Waals surface area contributed by atoms with Gasteiger partial charge in [-0.3, -0.25) is 9.78 Å². The van der Waals surface area contributed by atoms with Crippen molar-refractivity contribution in [3.63, 3.8) is 0 Å². The summed E-state index contributed by atoms with van der Waals surface area (Å²) in [6.45, 7) is 3.47. The lowest BCUT2D eigenvalue weighted by Gasteiger charge is -2.55. The van der Waals surface area contributed by atoms with Crippen molar-refractivity contribution in [2.24, 2.45) is 35.3 Å². The first kappa shape index (κ1) is 17.6. The smallest absolute Gasteiger partial charge is 0.267 e. The summed E-state index contributed by atoms with van der Waals surface area (Å²) in [5.41, 5.74) is 6.61. The molecule has 2 heterocycles. The number of aromatic nitrogens is 1. The van der Waals surface area contributed by atoms with E-state index in [-0.39, 0.29) is 5.60 Å². The molecule has 1 aliphatic heterocycles. The maximum Gasteiger partial charge on any atom is 0.267 e. The minimum absolute atomic E-state index is 0.306. The van der Waals surface area contributed by atoms with Crippen molar-refractivity contribution in [3.05, 3.63) is 29.6 Å². The van der Waals surface area contributed by atoms with Gasteiger partial charge in [0.2, 0.25) is 0 Å². The van der Waals surface area contributed by atoms with Crippen molar-refractivity contribution in [2.75, 3.05) is 26.7 Å². The highest BCUT2D eigenvalue weighted by molar-refractivity contribution is 5.90. The molecule has 146 valence electrons. The molecule has 5 nitrogen and oxygen atoms in total. The zero-order valence-corrected chi connectivity index (χ0v) is 16.3. The molecule has 0 aromatic carbocycles. The molecule has 0 radical (unpaired) electrons. The third kappa shape index (κ3) is 2.90. The van der Waals surface area contributed by atoms with Crippen molar-refractivity contribution in [1.29, 1.82) is 0 Å². The summed E-state index contributed by atoms with van der Waals surface area (Å²) in [7, 11) is 1.84. The van der Waals surface area contributed by atoms with Crippen LogP contribution in [-0.2, 0) is 10.3 Å². The van der Waals surface area contributed by atoms with E-state index >= 15 is 0 Å². The SMILES string of the molecule is COC1(c2ccnc(C(N)=O)c2)[C@@H]2CCC[C@H]1CN(CC1CC3CC3C1)C2. The number of likely N-dealkylation sites (tertiary alicyclic amines) is 1. The number of hydrogen-bond acceptors (Lipinski definition) is 4. The van der Waals surface area contributed by atoms with Crippen LogP contribution in [0.4, 0.5) is 0 Å². The Morgan fingerprint density at radius 3 is 2.59 bits per heavy atom. The first-order valence-corrected chi connectivity index (χ1v) is 10.6. The second kappa shape index (κ2) is 6.56. The highest BCUT2D eigenvalue weighted by atomic mass is 16.5. The highest BCUT2D eigenvalue weighted by Crippen LogP contribution is 2.55. The molecule has 4 aliphatic rings. The average Bonchev–Trinajstić information content (AvgIpc) is 3.27. The van der Waals surface area contributed by atoms with Crippen molar-refractivity contribution in [1.82, 2.24) is 9.88 Å². The molecule has 1 amide bonds. The van der Waals surface area contributed by atoms with E-state index in [1.165, 1.54) is 45.1 Å². The van der Waals surface area contributed by atoms with E-state index in [2.05, 4.69) is 9.88 Å². The summed E-state index contributed by atoms with van der Waals surface area (Å²) in [6.07, 6.45) is 9.77.